The SMILES string of the molecule is COc1ccc(-c2coc3c2c(=O)oc2c4ccccc4ccc32)cc1. The molecule has 0 bridgehead atoms. The van der Waals surface area contributed by atoms with E-state index in [0.29, 0.717) is 22.1 Å². The minimum atomic E-state index is -0.400. The molecule has 5 aromatic rings. The summed E-state index contributed by atoms with van der Waals surface area (Å²) in [6.45, 7) is 0. The monoisotopic (exact) mass is 342 g/mol. The first-order valence-electron chi connectivity index (χ1n) is 8.26. The zero-order chi connectivity index (χ0) is 17.7. The quantitative estimate of drug-likeness (QED) is 0.320. The minimum Gasteiger partial charge on any atom is -0.497 e. The molecule has 0 aliphatic rings. The summed E-state index contributed by atoms with van der Waals surface area (Å²) in [5, 5.41) is 3.16. The maximum absolute atomic E-state index is 12.8. The van der Waals surface area contributed by atoms with Crippen molar-refractivity contribution in [1.29, 1.82) is 0 Å². The van der Waals surface area contributed by atoms with Crippen molar-refractivity contribution in [3.63, 3.8) is 0 Å². The second-order valence-corrected chi connectivity index (χ2v) is 6.13. The van der Waals surface area contributed by atoms with Crippen LogP contribution >= 0.6 is 0 Å². The van der Waals surface area contributed by atoms with Crippen LogP contribution in [-0.4, -0.2) is 7.11 Å². The predicted molar refractivity (Wildman–Crippen MR) is 102 cm³/mol. The zero-order valence-corrected chi connectivity index (χ0v) is 14.0. The van der Waals surface area contributed by atoms with Crippen LogP contribution in [0.15, 0.2) is 80.6 Å². The van der Waals surface area contributed by atoms with Crippen molar-refractivity contribution in [2.75, 3.05) is 7.11 Å². The molecular formula is C22H14O4. The van der Waals surface area contributed by atoms with Crippen LogP contribution in [0.4, 0.5) is 0 Å². The van der Waals surface area contributed by atoms with Crippen molar-refractivity contribution in [3.05, 3.63) is 77.3 Å². The Morgan fingerprint density at radius 2 is 1.65 bits per heavy atom. The van der Waals surface area contributed by atoms with E-state index in [0.717, 1.165) is 27.5 Å². The molecule has 0 fully saturated rings. The van der Waals surface area contributed by atoms with E-state index in [4.69, 9.17) is 13.6 Å². The maximum atomic E-state index is 12.8. The highest BCUT2D eigenvalue weighted by Gasteiger charge is 2.18. The number of hydrogen-bond donors (Lipinski definition) is 0. The molecule has 4 nitrogen and oxygen atoms in total. The molecule has 26 heavy (non-hydrogen) atoms. The van der Waals surface area contributed by atoms with Crippen LogP contribution in [0.2, 0.25) is 0 Å². The zero-order valence-electron chi connectivity index (χ0n) is 14.0. The molecule has 0 unspecified atom stereocenters. The van der Waals surface area contributed by atoms with E-state index in [1.54, 1.807) is 13.4 Å². The standard InChI is InChI=1S/C22H14O4/c1-24-15-9-6-14(7-10-15)18-12-25-21-17-11-8-13-4-2-3-5-16(13)20(17)26-22(23)19(18)21/h2-12H,1H3. The Labute approximate surface area is 148 Å². The van der Waals surface area contributed by atoms with Gasteiger partial charge in [-0.2, -0.15) is 0 Å². The molecule has 0 aliphatic heterocycles. The van der Waals surface area contributed by atoms with E-state index < -0.39 is 5.63 Å². The summed E-state index contributed by atoms with van der Waals surface area (Å²) in [4.78, 5) is 12.8. The Morgan fingerprint density at radius 3 is 2.46 bits per heavy atom. The maximum Gasteiger partial charge on any atom is 0.348 e. The molecule has 2 heterocycles. The van der Waals surface area contributed by atoms with Crippen molar-refractivity contribution in [2.24, 2.45) is 0 Å². The van der Waals surface area contributed by atoms with Crippen molar-refractivity contribution in [3.8, 4) is 16.9 Å². The molecule has 5 rings (SSSR count). The van der Waals surface area contributed by atoms with Crippen LogP contribution in [0.1, 0.15) is 0 Å². The second-order valence-electron chi connectivity index (χ2n) is 6.13. The van der Waals surface area contributed by atoms with Gasteiger partial charge >= 0.3 is 5.63 Å². The van der Waals surface area contributed by atoms with Crippen LogP contribution in [0.25, 0.3) is 43.8 Å². The van der Waals surface area contributed by atoms with Gasteiger partial charge in [-0.1, -0.05) is 42.5 Å². The molecule has 0 saturated carbocycles. The fourth-order valence-electron chi connectivity index (χ4n) is 3.42. The summed E-state index contributed by atoms with van der Waals surface area (Å²) >= 11 is 0. The molecule has 0 amide bonds. The number of methoxy groups -OCH3 is 1. The van der Waals surface area contributed by atoms with Gasteiger partial charge in [-0.3, -0.25) is 0 Å². The predicted octanol–water partition coefficient (Wildman–Crippen LogP) is 5.37. The number of hydrogen-bond acceptors (Lipinski definition) is 4. The largest absolute Gasteiger partial charge is 0.497 e. The third-order valence-electron chi connectivity index (χ3n) is 4.72. The fourth-order valence-corrected chi connectivity index (χ4v) is 3.42. The molecule has 3 aromatic carbocycles. The topological polar surface area (TPSA) is 52.6 Å². The Balaban J connectivity index is 1.84. The molecule has 126 valence electrons. The summed E-state index contributed by atoms with van der Waals surface area (Å²) in [6, 6.07) is 19.3. The molecule has 0 atom stereocenters. The van der Waals surface area contributed by atoms with E-state index in [1.165, 1.54) is 0 Å². The average molecular weight is 342 g/mol. The molecule has 0 radical (unpaired) electrons. The normalized spacial score (nSPS) is 11.4. The summed E-state index contributed by atoms with van der Waals surface area (Å²) in [5.74, 6) is 0.755. The summed E-state index contributed by atoms with van der Waals surface area (Å²) < 4.78 is 16.7. The van der Waals surface area contributed by atoms with Gasteiger partial charge in [0.15, 0.2) is 5.58 Å². The molecule has 4 heteroatoms. The Hall–Kier alpha value is -3.53. The Bertz CT molecular complexity index is 1320. The van der Waals surface area contributed by atoms with Crippen molar-refractivity contribution in [1.82, 2.24) is 0 Å². The lowest BCUT2D eigenvalue weighted by Crippen LogP contribution is -1.99. The van der Waals surface area contributed by atoms with Crippen molar-refractivity contribution >= 4 is 32.7 Å². The van der Waals surface area contributed by atoms with Crippen molar-refractivity contribution in [2.45, 2.75) is 0 Å². The van der Waals surface area contributed by atoms with E-state index in [-0.39, 0.29) is 0 Å². The lowest BCUT2D eigenvalue weighted by molar-refractivity contribution is 0.415. The van der Waals surface area contributed by atoms with Gasteiger partial charge in [0.1, 0.15) is 16.7 Å². The van der Waals surface area contributed by atoms with Gasteiger partial charge in [-0.15, -0.1) is 0 Å². The highest BCUT2D eigenvalue weighted by molar-refractivity contribution is 6.14. The van der Waals surface area contributed by atoms with E-state index in [1.807, 2.05) is 60.7 Å². The minimum absolute atomic E-state index is 0.400. The number of fused-ring (bicyclic) bond motifs is 5. The smallest absolute Gasteiger partial charge is 0.348 e. The molecule has 0 saturated heterocycles. The van der Waals surface area contributed by atoms with Crippen LogP contribution in [-0.2, 0) is 0 Å². The number of furan rings is 1. The van der Waals surface area contributed by atoms with Gasteiger partial charge in [0.25, 0.3) is 0 Å². The van der Waals surface area contributed by atoms with Crippen LogP contribution in [0.3, 0.4) is 0 Å². The van der Waals surface area contributed by atoms with Crippen LogP contribution in [0, 0.1) is 0 Å². The van der Waals surface area contributed by atoms with E-state index in [2.05, 4.69) is 0 Å². The number of rotatable bonds is 2. The van der Waals surface area contributed by atoms with Gasteiger partial charge in [0, 0.05) is 10.9 Å². The Kier molecular flexibility index (Phi) is 3.12. The Morgan fingerprint density at radius 1 is 0.846 bits per heavy atom. The molecule has 0 N–H and O–H groups in total. The molecule has 2 aromatic heterocycles. The van der Waals surface area contributed by atoms with Crippen molar-refractivity contribution < 1.29 is 13.6 Å². The number of benzene rings is 3. The summed E-state index contributed by atoms with van der Waals surface area (Å²) in [5.41, 5.74) is 2.29. The summed E-state index contributed by atoms with van der Waals surface area (Å²) in [6.07, 6.45) is 1.61. The third kappa shape index (κ3) is 2.05. The second kappa shape index (κ2) is 5.49. The van der Waals surface area contributed by atoms with Gasteiger partial charge in [0.05, 0.1) is 18.8 Å². The van der Waals surface area contributed by atoms with Gasteiger partial charge in [-0.25, -0.2) is 4.79 Å². The first-order chi connectivity index (χ1) is 12.8. The highest BCUT2D eigenvalue weighted by Crippen LogP contribution is 2.35. The molecular weight excluding hydrogens is 328 g/mol. The number of ether oxygens (including phenoxy) is 1. The van der Waals surface area contributed by atoms with E-state index in [9.17, 15) is 4.79 Å². The molecule has 0 spiro atoms. The van der Waals surface area contributed by atoms with Gasteiger partial charge in [-0.05, 0) is 29.1 Å². The third-order valence-corrected chi connectivity index (χ3v) is 4.72. The lowest BCUT2D eigenvalue weighted by atomic mass is 10.0. The molecule has 0 aliphatic carbocycles. The summed E-state index contributed by atoms with van der Waals surface area (Å²) in [7, 11) is 1.62. The first kappa shape index (κ1) is 14.8. The first-order valence-corrected chi connectivity index (χ1v) is 8.26. The highest BCUT2D eigenvalue weighted by atomic mass is 16.5. The average Bonchev–Trinajstić information content (AvgIpc) is 3.14. The van der Waals surface area contributed by atoms with Crippen LogP contribution in [0.5, 0.6) is 5.75 Å². The van der Waals surface area contributed by atoms with Crippen LogP contribution < -0.4 is 10.4 Å². The van der Waals surface area contributed by atoms with Gasteiger partial charge < -0.3 is 13.6 Å². The fraction of sp³-hybridized carbons (Fsp3) is 0.0455. The van der Waals surface area contributed by atoms with Gasteiger partial charge in [0.2, 0.25) is 0 Å². The lowest BCUT2D eigenvalue weighted by Gasteiger charge is -2.04. The van der Waals surface area contributed by atoms with E-state index >= 15 is 0 Å².